The Balaban J connectivity index is 1.98. The normalized spacial score (nSPS) is 22.0. The second-order valence-corrected chi connectivity index (χ2v) is 5.17. The lowest BCUT2D eigenvalue weighted by Crippen LogP contribution is -2.23. The van der Waals surface area contributed by atoms with E-state index in [0.717, 1.165) is 42.9 Å². The van der Waals surface area contributed by atoms with E-state index in [9.17, 15) is 5.11 Å². The van der Waals surface area contributed by atoms with Gasteiger partial charge in [-0.1, -0.05) is 0 Å². The van der Waals surface area contributed by atoms with Crippen molar-refractivity contribution in [2.75, 3.05) is 24.6 Å². The molecule has 2 aromatic rings. The van der Waals surface area contributed by atoms with E-state index in [1.165, 1.54) is 0 Å². The Morgan fingerprint density at radius 3 is 2.76 bits per heavy atom. The highest BCUT2D eigenvalue weighted by atomic mass is 16.5. The van der Waals surface area contributed by atoms with Crippen LogP contribution in [0.4, 0.5) is 5.82 Å². The molecule has 0 aromatic carbocycles. The molecule has 7 nitrogen and oxygen atoms in total. The Labute approximate surface area is 123 Å². The Morgan fingerprint density at radius 2 is 2.10 bits per heavy atom. The lowest BCUT2D eigenvalue weighted by atomic mass is 10.2. The molecule has 21 heavy (non-hydrogen) atoms. The summed E-state index contributed by atoms with van der Waals surface area (Å²) in [6, 6.07) is 0. The van der Waals surface area contributed by atoms with Crippen LogP contribution in [0, 0.1) is 0 Å². The number of anilines is 1. The fourth-order valence-electron chi connectivity index (χ4n) is 2.83. The summed E-state index contributed by atoms with van der Waals surface area (Å²) in [6.07, 6.45) is 4.86. The number of imidazole rings is 1. The molecule has 0 bridgehead atoms. The topological polar surface area (TPSA) is 76.3 Å². The molecule has 1 aliphatic heterocycles. The quantitative estimate of drug-likeness (QED) is 0.896. The van der Waals surface area contributed by atoms with Crippen LogP contribution in [0.3, 0.4) is 0 Å². The highest BCUT2D eigenvalue weighted by Gasteiger charge is 2.28. The van der Waals surface area contributed by atoms with E-state index in [-0.39, 0.29) is 18.9 Å². The van der Waals surface area contributed by atoms with E-state index < -0.39 is 0 Å². The van der Waals surface area contributed by atoms with Crippen LogP contribution in [-0.2, 0) is 4.74 Å². The first kappa shape index (κ1) is 14.2. The maximum absolute atomic E-state index is 9.19. The Hall–Kier alpha value is -1.73. The molecule has 1 aliphatic rings. The van der Waals surface area contributed by atoms with Gasteiger partial charge in [0, 0.05) is 13.1 Å². The maximum Gasteiger partial charge on any atom is 0.167 e. The molecule has 0 amide bonds. The molecule has 7 heteroatoms. The first-order valence-electron chi connectivity index (χ1n) is 7.47. The molecule has 2 aromatic heterocycles. The number of aromatic nitrogens is 4. The predicted molar refractivity (Wildman–Crippen MR) is 79.1 cm³/mol. The number of nitrogens with zero attached hydrogens (tertiary/aromatic N) is 5. The summed E-state index contributed by atoms with van der Waals surface area (Å²) in [4.78, 5) is 15.4. The van der Waals surface area contributed by atoms with Crippen LogP contribution in [-0.4, -0.2) is 50.4 Å². The van der Waals surface area contributed by atoms with Gasteiger partial charge in [0.15, 0.2) is 17.0 Å². The SMILES string of the molecule is CCN(CC)c1ncnc2c1ncn2[C@H]1CC[C@@H](CO)O1. The van der Waals surface area contributed by atoms with Crippen molar-refractivity contribution in [2.24, 2.45) is 0 Å². The van der Waals surface area contributed by atoms with Crippen molar-refractivity contribution in [1.29, 1.82) is 0 Å². The molecule has 0 unspecified atom stereocenters. The van der Waals surface area contributed by atoms with Crippen molar-refractivity contribution in [3.05, 3.63) is 12.7 Å². The average molecular weight is 291 g/mol. The van der Waals surface area contributed by atoms with E-state index in [2.05, 4.69) is 33.7 Å². The first-order valence-corrected chi connectivity index (χ1v) is 7.47. The van der Waals surface area contributed by atoms with E-state index in [4.69, 9.17) is 4.74 Å². The van der Waals surface area contributed by atoms with Crippen LogP contribution in [0.5, 0.6) is 0 Å². The molecule has 2 atom stereocenters. The van der Waals surface area contributed by atoms with Gasteiger partial charge in [-0.25, -0.2) is 15.0 Å². The number of aliphatic hydroxyl groups excluding tert-OH is 1. The average Bonchev–Trinajstić information content (AvgIpc) is 3.14. The number of hydrogen-bond acceptors (Lipinski definition) is 6. The smallest absolute Gasteiger partial charge is 0.167 e. The minimum Gasteiger partial charge on any atom is -0.394 e. The van der Waals surface area contributed by atoms with Gasteiger partial charge in [-0.3, -0.25) is 4.57 Å². The molecule has 3 rings (SSSR count). The summed E-state index contributed by atoms with van der Waals surface area (Å²) in [5.74, 6) is 0.862. The van der Waals surface area contributed by atoms with Crippen LogP contribution in [0.15, 0.2) is 12.7 Å². The lowest BCUT2D eigenvalue weighted by molar-refractivity contribution is -0.0207. The molecule has 0 spiro atoms. The highest BCUT2D eigenvalue weighted by Crippen LogP contribution is 2.31. The maximum atomic E-state index is 9.19. The summed E-state index contributed by atoms with van der Waals surface area (Å²) in [7, 11) is 0. The Bertz CT molecular complexity index is 610. The number of ether oxygens (including phenoxy) is 1. The number of hydrogen-bond donors (Lipinski definition) is 1. The highest BCUT2D eigenvalue weighted by molar-refractivity contribution is 5.83. The fourth-order valence-corrected chi connectivity index (χ4v) is 2.83. The van der Waals surface area contributed by atoms with E-state index in [0.29, 0.717) is 0 Å². The van der Waals surface area contributed by atoms with Gasteiger partial charge in [0.05, 0.1) is 19.0 Å². The molecule has 0 aliphatic carbocycles. The summed E-state index contributed by atoms with van der Waals surface area (Å²) < 4.78 is 7.76. The van der Waals surface area contributed by atoms with E-state index in [1.54, 1.807) is 12.7 Å². The summed E-state index contributed by atoms with van der Waals surface area (Å²) in [5.41, 5.74) is 1.59. The van der Waals surface area contributed by atoms with Crippen LogP contribution in [0.1, 0.15) is 32.9 Å². The molecular weight excluding hydrogens is 270 g/mol. The van der Waals surface area contributed by atoms with Gasteiger partial charge in [0.2, 0.25) is 0 Å². The fraction of sp³-hybridized carbons (Fsp3) is 0.643. The summed E-state index contributed by atoms with van der Waals surface area (Å²) in [5, 5.41) is 9.19. The van der Waals surface area contributed by atoms with Crippen molar-refractivity contribution in [1.82, 2.24) is 19.5 Å². The number of rotatable bonds is 5. The molecule has 0 saturated carbocycles. The third-order valence-electron chi connectivity index (χ3n) is 4.00. The standard InChI is InChI=1S/C14H21N5O2/c1-3-18(4-2)13-12-14(16-8-15-13)19(9-17-12)11-6-5-10(7-20)21-11/h8-11,20H,3-7H2,1-2H3/t10-,11+/m0/s1. The predicted octanol–water partition coefficient (Wildman–Crippen LogP) is 1.34. The van der Waals surface area contributed by atoms with Crippen LogP contribution in [0.25, 0.3) is 11.2 Å². The molecule has 114 valence electrons. The molecule has 1 N–H and O–H groups in total. The van der Waals surface area contributed by atoms with E-state index in [1.807, 2.05) is 4.57 Å². The monoisotopic (exact) mass is 291 g/mol. The first-order chi connectivity index (χ1) is 10.3. The second-order valence-electron chi connectivity index (χ2n) is 5.17. The second kappa shape index (κ2) is 5.95. The van der Waals surface area contributed by atoms with Crippen LogP contribution in [0.2, 0.25) is 0 Å². The van der Waals surface area contributed by atoms with Gasteiger partial charge < -0.3 is 14.7 Å². The van der Waals surface area contributed by atoms with Crippen molar-refractivity contribution in [3.63, 3.8) is 0 Å². The van der Waals surface area contributed by atoms with Crippen LogP contribution < -0.4 is 4.90 Å². The minimum atomic E-state index is -0.105. The van der Waals surface area contributed by atoms with Gasteiger partial charge in [-0.15, -0.1) is 0 Å². The molecule has 0 radical (unpaired) electrons. The largest absolute Gasteiger partial charge is 0.394 e. The van der Waals surface area contributed by atoms with Crippen molar-refractivity contribution in [3.8, 4) is 0 Å². The molecule has 1 fully saturated rings. The Morgan fingerprint density at radius 1 is 1.29 bits per heavy atom. The van der Waals surface area contributed by atoms with Crippen molar-refractivity contribution in [2.45, 2.75) is 39.0 Å². The molecule has 1 saturated heterocycles. The zero-order valence-corrected chi connectivity index (χ0v) is 12.4. The number of aliphatic hydroxyl groups is 1. The van der Waals surface area contributed by atoms with Crippen LogP contribution >= 0.6 is 0 Å². The third kappa shape index (κ3) is 2.47. The van der Waals surface area contributed by atoms with Gasteiger partial charge in [0.1, 0.15) is 12.6 Å². The summed E-state index contributed by atoms with van der Waals surface area (Å²) >= 11 is 0. The van der Waals surface area contributed by atoms with E-state index >= 15 is 0 Å². The van der Waals surface area contributed by atoms with Crippen molar-refractivity contribution < 1.29 is 9.84 Å². The summed E-state index contributed by atoms with van der Waals surface area (Å²) in [6.45, 7) is 6.01. The minimum absolute atomic E-state index is 0.0583. The van der Waals surface area contributed by atoms with Gasteiger partial charge in [-0.05, 0) is 26.7 Å². The van der Waals surface area contributed by atoms with Gasteiger partial charge in [-0.2, -0.15) is 0 Å². The lowest BCUT2D eigenvalue weighted by Gasteiger charge is -2.19. The molecular formula is C14H21N5O2. The zero-order chi connectivity index (χ0) is 14.8. The van der Waals surface area contributed by atoms with Crippen molar-refractivity contribution >= 4 is 17.0 Å². The van der Waals surface area contributed by atoms with Gasteiger partial charge >= 0.3 is 0 Å². The number of fused-ring (bicyclic) bond motifs is 1. The molecule has 3 heterocycles. The van der Waals surface area contributed by atoms with Gasteiger partial charge in [0.25, 0.3) is 0 Å². The third-order valence-corrected chi connectivity index (χ3v) is 4.00. The Kier molecular flexibility index (Phi) is 4.03. The zero-order valence-electron chi connectivity index (χ0n) is 12.4.